The van der Waals surface area contributed by atoms with Crippen LogP contribution in [0.4, 0.5) is 4.79 Å². The molecule has 0 fully saturated rings. The van der Waals surface area contributed by atoms with Gasteiger partial charge in [0.2, 0.25) is 6.41 Å². The van der Waals surface area contributed by atoms with Gasteiger partial charge in [0.05, 0.1) is 12.1 Å². The summed E-state index contributed by atoms with van der Waals surface area (Å²) in [4.78, 5) is 44.1. The Kier molecular flexibility index (Phi) is 7.83. The molecular weight excluding hydrogens is 336 g/mol. The lowest BCUT2D eigenvalue weighted by atomic mass is 9.93. The van der Waals surface area contributed by atoms with Crippen molar-refractivity contribution in [1.82, 2.24) is 21.3 Å². The van der Waals surface area contributed by atoms with Gasteiger partial charge in [-0.25, -0.2) is 4.79 Å². The van der Waals surface area contributed by atoms with Gasteiger partial charge in [-0.15, -0.1) is 0 Å². The molecule has 0 saturated carbocycles. The maximum absolute atomic E-state index is 11.7. The second-order valence-electron chi connectivity index (χ2n) is 5.81. The highest BCUT2D eigenvalue weighted by Gasteiger charge is 2.22. The largest absolute Gasteiger partial charge is 0.357 e. The van der Waals surface area contributed by atoms with E-state index >= 15 is 0 Å². The Morgan fingerprint density at radius 1 is 1.19 bits per heavy atom. The first-order valence-corrected chi connectivity index (χ1v) is 7.87. The molecule has 0 spiro atoms. The summed E-state index contributed by atoms with van der Waals surface area (Å²) in [5.74, 6) is 5.10. The third-order valence-electron chi connectivity index (χ3n) is 3.48. The molecule has 1 aromatic carbocycles. The molecule has 138 valence electrons. The predicted octanol–water partition coefficient (Wildman–Crippen LogP) is -0.368. The van der Waals surface area contributed by atoms with Crippen molar-refractivity contribution >= 4 is 24.6 Å². The van der Waals surface area contributed by atoms with Crippen molar-refractivity contribution in [2.45, 2.75) is 25.4 Å². The molecule has 0 saturated heterocycles. The number of amides is 4. The van der Waals surface area contributed by atoms with Gasteiger partial charge in [-0.3, -0.25) is 9.59 Å². The van der Waals surface area contributed by atoms with Gasteiger partial charge in [-0.05, 0) is 31.5 Å². The molecule has 0 heterocycles. The average Bonchev–Trinajstić information content (AvgIpc) is 2.62. The second-order valence-corrected chi connectivity index (χ2v) is 5.81. The van der Waals surface area contributed by atoms with Gasteiger partial charge in [0.15, 0.2) is 6.04 Å². The molecule has 8 heteroatoms. The molecule has 1 unspecified atom stereocenters. The summed E-state index contributed by atoms with van der Waals surface area (Å²) >= 11 is 0. The molecule has 0 aliphatic carbocycles. The van der Waals surface area contributed by atoms with Crippen molar-refractivity contribution in [3.63, 3.8) is 0 Å². The molecule has 0 aliphatic rings. The van der Waals surface area contributed by atoms with Gasteiger partial charge in [0.25, 0.3) is 5.91 Å². The summed E-state index contributed by atoms with van der Waals surface area (Å²) < 4.78 is 0. The van der Waals surface area contributed by atoms with Crippen LogP contribution in [-0.2, 0) is 19.9 Å². The van der Waals surface area contributed by atoms with Crippen LogP contribution in [0.25, 0.3) is 0 Å². The van der Waals surface area contributed by atoms with Crippen LogP contribution < -0.4 is 21.3 Å². The van der Waals surface area contributed by atoms with E-state index in [4.69, 9.17) is 0 Å². The number of rotatable bonds is 7. The van der Waals surface area contributed by atoms with Crippen molar-refractivity contribution < 1.29 is 19.2 Å². The standard InChI is InChI=1S/C18H22N4O4/c1-18(2,22-17(26)20-10-11-23)14-7-4-13(5-8-14)6-9-15(21-12-24)16(25)19-3/h4-5,7-8,11-12,15H,10H2,1-3H3,(H,19,25)(H,21,24)(H2,20,22,26). The van der Waals surface area contributed by atoms with E-state index in [9.17, 15) is 19.2 Å². The molecule has 1 rings (SSSR count). The maximum Gasteiger partial charge on any atom is 0.315 e. The summed E-state index contributed by atoms with van der Waals surface area (Å²) in [7, 11) is 1.46. The van der Waals surface area contributed by atoms with Crippen molar-refractivity contribution in [2.75, 3.05) is 13.6 Å². The monoisotopic (exact) mass is 358 g/mol. The Labute approximate surface area is 152 Å². The van der Waals surface area contributed by atoms with Crippen LogP contribution in [0.2, 0.25) is 0 Å². The molecule has 0 aromatic heterocycles. The third kappa shape index (κ3) is 6.28. The normalized spacial score (nSPS) is 11.2. The number of hydrogen-bond acceptors (Lipinski definition) is 4. The Morgan fingerprint density at radius 3 is 2.38 bits per heavy atom. The van der Waals surface area contributed by atoms with Crippen LogP contribution in [0.1, 0.15) is 25.0 Å². The Hall–Kier alpha value is -3.34. The van der Waals surface area contributed by atoms with E-state index in [0.717, 1.165) is 5.56 Å². The molecule has 4 amide bonds. The molecule has 0 bridgehead atoms. The Balaban J connectivity index is 2.86. The number of aldehydes is 1. The zero-order valence-electron chi connectivity index (χ0n) is 14.9. The smallest absolute Gasteiger partial charge is 0.315 e. The predicted molar refractivity (Wildman–Crippen MR) is 96.0 cm³/mol. The lowest BCUT2D eigenvalue weighted by molar-refractivity contribution is -0.123. The van der Waals surface area contributed by atoms with E-state index in [1.165, 1.54) is 7.05 Å². The van der Waals surface area contributed by atoms with Gasteiger partial charge in [0.1, 0.15) is 6.29 Å². The van der Waals surface area contributed by atoms with Gasteiger partial charge in [0, 0.05) is 12.6 Å². The Bertz CT molecular complexity index is 717. The quantitative estimate of drug-likeness (QED) is 0.393. The van der Waals surface area contributed by atoms with Crippen LogP contribution >= 0.6 is 0 Å². The minimum Gasteiger partial charge on any atom is -0.357 e. The number of benzene rings is 1. The van der Waals surface area contributed by atoms with E-state index in [2.05, 4.69) is 33.1 Å². The van der Waals surface area contributed by atoms with Crippen molar-refractivity contribution in [1.29, 1.82) is 0 Å². The van der Waals surface area contributed by atoms with E-state index in [1.54, 1.807) is 24.3 Å². The van der Waals surface area contributed by atoms with Crippen molar-refractivity contribution in [3.8, 4) is 11.8 Å². The van der Waals surface area contributed by atoms with Gasteiger partial charge >= 0.3 is 6.03 Å². The van der Waals surface area contributed by atoms with E-state index in [-0.39, 0.29) is 6.54 Å². The van der Waals surface area contributed by atoms with Crippen molar-refractivity contribution in [3.05, 3.63) is 35.4 Å². The lowest BCUT2D eigenvalue weighted by Gasteiger charge is -2.27. The fourth-order valence-corrected chi connectivity index (χ4v) is 2.06. The summed E-state index contributed by atoms with van der Waals surface area (Å²) in [6.45, 7) is 3.59. The highest BCUT2D eigenvalue weighted by molar-refractivity contribution is 5.86. The molecular formula is C18H22N4O4. The van der Waals surface area contributed by atoms with Crippen molar-refractivity contribution in [2.24, 2.45) is 0 Å². The minimum absolute atomic E-state index is 0.0578. The first kappa shape index (κ1) is 20.7. The Morgan fingerprint density at radius 2 is 1.85 bits per heavy atom. The first-order chi connectivity index (χ1) is 12.3. The SMILES string of the molecule is CNC(=O)C(C#Cc1ccc(C(C)(C)NC(=O)NCC=O)cc1)NC=O. The zero-order valence-corrected chi connectivity index (χ0v) is 14.9. The summed E-state index contributed by atoms with van der Waals surface area (Å²) in [6, 6.07) is 5.71. The number of carbonyl (C=O) groups excluding carboxylic acids is 4. The zero-order chi connectivity index (χ0) is 19.6. The first-order valence-electron chi connectivity index (χ1n) is 7.87. The molecule has 1 atom stereocenters. The summed E-state index contributed by atoms with van der Waals surface area (Å²) in [6.07, 6.45) is 1.02. The fourth-order valence-electron chi connectivity index (χ4n) is 2.06. The number of hydrogen-bond donors (Lipinski definition) is 4. The summed E-state index contributed by atoms with van der Waals surface area (Å²) in [5.41, 5.74) is 0.817. The lowest BCUT2D eigenvalue weighted by Crippen LogP contribution is -2.46. The molecule has 8 nitrogen and oxygen atoms in total. The van der Waals surface area contributed by atoms with Gasteiger partial charge < -0.3 is 26.1 Å². The summed E-state index contributed by atoms with van der Waals surface area (Å²) in [5, 5.41) is 9.94. The molecule has 1 aromatic rings. The molecule has 0 aliphatic heterocycles. The van der Waals surface area contributed by atoms with Crippen LogP contribution in [-0.4, -0.2) is 44.3 Å². The highest BCUT2D eigenvalue weighted by Crippen LogP contribution is 2.20. The topological polar surface area (TPSA) is 116 Å². The van der Waals surface area contributed by atoms with Crippen LogP contribution in [0.15, 0.2) is 24.3 Å². The molecule has 4 N–H and O–H groups in total. The fraction of sp³-hybridized carbons (Fsp3) is 0.333. The van der Waals surface area contributed by atoms with Crippen LogP contribution in [0.5, 0.6) is 0 Å². The number of nitrogens with one attached hydrogen (secondary N) is 4. The van der Waals surface area contributed by atoms with E-state index in [1.807, 2.05) is 13.8 Å². The molecule has 26 heavy (non-hydrogen) atoms. The highest BCUT2D eigenvalue weighted by atomic mass is 16.2. The van der Waals surface area contributed by atoms with Gasteiger partial charge in [-0.2, -0.15) is 0 Å². The number of likely N-dealkylation sites (N-methyl/N-ethyl adjacent to an activating group) is 1. The minimum atomic E-state index is -0.934. The van der Waals surface area contributed by atoms with Gasteiger partial charge in [-0.1, -0.05) is 24.0 Å². The second kappa shape index (κ2) is 9.84. The maximum atomic E-state index is 11.7. The number of carbonyl (C=O) groups is 4. The molecule has 0 radical (unpaired) electrons. The average molecular weight is 358 g/mol. The van der Waals surface area contributed by atoms with E-state index < -0.39 is 23.5 Å². The number of urea groups is 1. The van der Waals surface area contributed by atoms with Crippen LogP contribution in [0.3, 0.4) is 0 Å². The van der Waals surface area contributed by atoms with Crippen LogP contribution in [0, 0.1) is 11.8 Å². The van der Waals surface area contributed by atoms with E-state index in [0.29, 0.717) is 18.3 Å². The third-order valence-corrected chi connectivity index (χ3v) is 3.48.